The van der Waals surface area contributed by atoms with Crippen molar-refractivity contribution in [1.82, 2.24) is 4.98 Å². The number of hydrogen-bond donors (Lipinski definition) is 0. The Morgan fingerprint density at radius 2 is 1.80 bits per heavy atom. The van der Waals surface area contributed by atoms with E-state index in [9.17, 15) is 31.1 Å². The molecule has 1 aromatic rings. The van der Waals surface area contributed by atoms with Crippen molar-refractivity contribution < 1.29 is 40.6 Å². The van der Waals surface area contributed by atoms with Crippen molar-refractivity contribution in [2.45, 2.75) is 12.5 Å². The Morgan fingerprint density at radius 1 is 1.25 bits per heavy atom. The number of carbonyl (C=O) groups excluding carboxylic acids is 1. The molecule has 0 saturated heterocycles. The Hall–Kier alpha value is -1.27. The monoisotopic (exact) mass is 415 g/mol. The van der Waals surface area contributed by atoms with Gasteiger partial charge in [-0.05, 0) is 28.7 Å². The van der Waals surface area contributed by atoms with E-state index in [4.69, 9.17) is 0 Å². The van der Waals surface area contributed by atoms with Crippen molar-refractivity contribution in [2.75, 3.05) is 7.11 Å². The quantitative estimate of drug-likeness (QED) is 0.322. The van der Waals surface area contributed by atoms with Crippen LogP contribution >= 0.6 is 22.6 Å². The Kier molecular flexibility index (Phi) is 4.71. The number of pyridine rings is 1. The zero-order valence-corrected chi connectivity index (χ0v) is 11.6. The van der Waals surface area contributed by atoms with E-state index in [1.807, 2.05) is 0 Å². The molecule has 20 heavy (non-hydrogen) atoms. The molecule has 0 atom stereocenters. The molecule has 0 spiro atoms. The number of alkyl halides is 6. The van der Waals surface area contributed by atoms with Gasteiger partial charge in [0.1, 0.15) is 9.26 Å². The fourth-order valence-corrected chi connectivity index (χ4v) is 1.73. The molecule has 0 N–H and O–H groups in total. The Bertz CT molecular complexity index is 528. The number of nitrogens with zero attached hydrogens (tertiary/aromatic N) is 1. The van der Waals surface area contributed by atoms with E-state index in [1.165, 1.54) is 22.6 Å². The molecule has 0 aliphatic carbocycles. The second-order valence-electron chi connectivity index (χ2n) is 3.21. The molecule has 0 fully saturated rings. The van der Waals surface area contributed by atoms with Crippen LogP contribution < -0.4 is 4.74 Å². The Labute approximate surface area is 121 Å². The lowest BCUT2D eigenvalue weighted by atomic mass is 10.2. The van der Waals surface area contributed by atoms with Crippen molar-refractivity contribution in [1.29, 1.82) is 0 Å². The Balaban J connectivity index is 3.58. The van der Waals surface area contributed by atoms with Crippen LogP contribution in [-0.2, 0) is 10.9 Å². The molecule has 0 saturated carbocycles. The van der Waals surface area contributed by atoms with Crippen LogP contribution in [0.25, 0.3) is 0 Å². The van der Waals surface area contributed by atoms with E-state index in [0.717, 1.165) is 7.11 Å². The fraction of sp³-hybridized carbons (Fsp3) is 0.333. The van der Waals surface area contributed by atoms with Crippen LogP contribution in [0.3, 0.4) is 0 Å². The summed E-state index contributed by atoms with van der Waals surface area (Å²) in [6.45, 7) is 0. The fourth-order valence-electron chi connectivity index (χ4n) is 1.17. The highest BCUT2D eigenvalue weighted by Gasteiger charge is 2.43. The molecular formula is C9H4F6INO3. The van der Waals surface area contributed by atoms with Gasteiger partial charge in [0.2, 0.25) is 0 Å². The standard InChI is InChI=1S/C9H4F6INO3/c1-19-7(18)3-2-4(16)17-6(8(10,11)12)5(3)20-9(13,14)15/h2H,1H3. The minimum absolute atomic E-state index is 0.343. The molecule has 0 aliphatic heterocycles. The normalized spacial score (nSPS) is 12.2. The van der Waals surface area contributed by atoms with E-state index >= 15 is 0 Å². The summed E-state index contributed by atoms with van der Waals surface area (Å²) < 4.78 is 81.7. The van der Waals surface area contributed by atoms with Gasteiger partial charge in [-0.1, -0.05) is 0 Å². The predicted molar refractivity (Wildman–Crippen MR) is 60.0 cm³/mol. The van der Waals surface area contributed by atoms with Crippen LogP contribution in [0, 0.1) is 3.70 Å². The van der Waals surface area contributed by atoms with Crippen LogP contribution in [-0.4, -0.2) is 24.4 Å². The van der Waals surface area contributed by atoms with Gasteiger partial charge < -0.3 is 9.47 Å². The molecular weight excluding hydrogens is 411 g/mol. The molecule has 0 aliphatic rings. The highest BCUT2D eigenvalue weighted by atomic mass is 127. The minimum atomic E-state index is -5.42. The van der Waals surface area contributed by atoms with Crippen molar-refractivity contribution in [2.24, 2.45) is 0 Å². The van der Waals surface area contributed by atoms with Gasteiger partial charge >= 0.3 is 18.5 Å². The maximum absolute atomic E-state index is 12.7. The summed E-state index contributed by atoms with van der Waals surface area (Å²) in [4.78, 5) is 14.2. The molecule has 0 aromatic carbocycles. The van der Waals surface area contributed by atoms with Crippen molar-refractivity contribution in [3.63, 3.8) is 0 Å². The van der Waals surface area contributed by atoms with Crippen LogP contribution in [0.5, 0.6) is 5.75 Å². The van der Waals surface area contributed by atoms with Gasteiger partial charge in [-0.2, -0.15) is 13.2 Å². The highest BCUT2D eigenvalue weighted by Crippen LogP contribution is 2.40. The first kappa shape index (κ1) is 16.8. The molecule has 4 nitrogen and oxygen atoms in total. The van der Waals surface area contributed by atoms with Gasteiger partial charge in [-0.15, -0.1) is 13.2 Å². The molecule has 0 unspecified atom stereocenters. The number of aromatic nitrogens is 1. The summed E-state index contributed by atoms with van der Waals surface area (Å²) in [5.41, 5.74) is -2.97. The average Bonchev–Trinajstić information content (AvgIpc) is 2.26. The molecule has 1 aromatic heterocycles. The van der Waals surface area contributed by atoms with Crippen molar-refractivity contribution in [3.05, 3.63) is 21.0 Å². The second-order valence-corrected chi connectivity index (χ2v) is 4.31. The number of methoxy groups -OCH3 is 1. The molecule has 11 heteroatoms. The molecule has 1 rings (SSSR count). The zero-order valence-electron chi connectivity index (χ0n) is 9.40. The van der Waals surface area contributed by atoms with Crippen molar-refractivity contribution >= 4 is 28.6 Å². The van der Waals surface area contributed by atoms with Crippen LogP contribution in [0.2, 0.25) is 0 Å². The largest absolute Gasteiger partial charge is 0.573 e. The summed E-state index contributed by atoms with van der Waals surface area (Å²) in [6, 6.07) is 0.697. The summed E-state index contributed by atoms with van der Waals surface area (Å²) in [5.74, 6) is -3.15. The number of rotatable bonds is 2. The Morgan fingerprint density at radius 3 is 2.20 bits per heavy atom. The third-order valence-corrected chi connectivity index (χ3v) is 2.39. The molecule has 1 heterocycles. The highest BCUT2D eigenvalue weighted by molar-refractivity contribution is 14.1. The lowest BCUT2D eigenvalue weighted by molar-refractivity contribution is -0.276. The molecule has 112 valence electrons. The van der Waals surface area contributed by atoms with E-state index in [-0.39, 0.29) is 3.70 Å². The van der Waals surface area contributed by atoms with E-state index in [1.54, 1.807) is 0 Å². The number of halogens is 7. The second kappa shape index (κ2) is 5.61. The van der Waals surface area contributed by atoms with E-state index in [2.05, 4.69) is 14.5 Å². The maximum Gasteiger partial charge on any atom is 0.573 e. The van der Waals surface area contributed by atoms with Gasteiger partial charge in [0, 0.05) is 0 Å². The summed E-state index contributed by atoms with van der Waals surface area (Å²) >= 11 is 1.32. The van der Waals surface area contributed by atoms with Gasteiger partial charge in [0.05, 0.1) is 7.11 Å². The van der Waals surface area contributed by atoms with Gasteiger partial charge in [-0.25, -0.2) is 9.78 Å². The first-order valence-corrected chi connectivity index (χ1v) is 5.65. The lowest BCUT2D eigenvalue weighted by Gasteiger charge is -2.17. The number of carbonyl (C=O) groups is 1. The van der Waals surface area contributed by atoms with Crippen LogP contribution in [0.4, 0.5) is 26.3 Å². The smallest absolute Gasteiger partial charge is 0.465 e. The third kappa shape index (κ3) is 4.11. The van der Waals surface area contributed by atoms with Gasteiger partial charge in [-0.3, -0.25) is 0 Å². The van der Waals surface area contributed by atoms with Gasteiger partial charge in [0.15, 0.2) is 11.4 Å². The topological polar surface area (TPSA) is 48.4 Å². The maximum atomic E-state index is 12.7. The summed E-state index contributed by atoms with van der Waals surface area (Å²) in [6.07, 6.45) is -10.7. The van der Waals surface area contributed by atoms with Crippen LogP contribution in [0.1, 0.15) is 16.1 Å². The van der Waals surface area contributed by atoms with Crippen LogP contribution in [0.15, 0.2) is 6.07 Å². The first-order valence-electron chi connectivity index (χ1n) is 4.57. The van der Waals surface area contributed by atoms with E-state index < -0.39 is 35.5 Å². The lowest BCUT2D eigenvalue weighted by Crippen LogP contribution is -2.24. The summed E-state index contributed by atoms with van der Waals surface area (Å²) in [5, 5.41) is 0. The SMILES string of the molecule is COC(=O)c1cc(I)nc(C(F)(F)F)c1OC(F)(F)F. The predicted octanol–water partition coefficient (Wildman–Crippen LogP) is 3.39. The first-order chi connectivity index (χ1) is 8.95. The van der Waals surface area contributed by atoms with E-state index in [0.29, 0.717) is 6.07 Å². The number of esters is 1. The molecule has 0 bridgehead atoms. The molecule has 0 amide bonds. The zero-order chi connectivity index (χ0) is 15.7. The number of ether oxygens (including phenoxy) is 2. The molecule has 0 radical (unpaired) electrons. The van der Waals surface area contributed by atoms with Crippen molar-refractivity contribution in [3.8, 4) is 5.75 Å². The third-order valence-electron chi connectivity index (χ3n) is 1.83. The summed E-state index contributed by atoms with van der Waals surface area (Å²) in [7, 11) is 0.806. The number of hydrogen-bond acceptors (Lipinski definition) is 4. The van der Waals surface area contributed by atoms with Gasteiger partial charge in [0.25, 0.3) is 0 Å². The minimum Gasteiger partial charge on any atom is -0.465 e. The average molecular weight is 415 g/mol.